The van der Waals surface area contributed by atoms with E-state index >= 15 is 0 Å². The Morgan fingerprint density at radius 2 is 1.82 bits per heavy atom. The lowest BCUT2D eigenvalue weighted by Crippen LogP contribution is -2.16. The lowest BCUT2D eigenvalue weighted by atomic mass is 10.2. The number of nitrogens with zero attached hydrogens (tertiary/aromatic N) is 6. The first kappa shape index (κ1) is 22.6. The van der Waals surface area contributed by atoms with Gasteiger partial charge in [-0.1, -0.05) is 11.8 Å². The summed E-state index contributed by atoms with van der Waals surface area (Å²) < 4.78 is 80.9. The van der Waals surface area contributed by atoms with Crippen molar-refractivity contribution in [3.05, 3.63) is 42.0 Å². The van der Waals surface area contributed by atoms with Gasteiger partial charge in [-0.2, -0.15) is 18.2 Å². The van der Waals surface area contributed by atoms with E-state index in [4.69, 9.17) is 0 Å². The fourth-order valence-electron chi connectivity index (χ4n) is 2.75. The van der Waals surface area contributed by atoms with Crippen LogP contribution >= 0.6 is 11.8 Å². The molecule has 0 fully saturated rings. The van der Waals surface area contributed by atoms with Crippen molar-refractivity contribution in [3.63, 3.8) is 0 Å². The van der Waals surface area contributed by atoms with Gasteiger partial charge in [0, 0.05) is 5.56 Å². The molecule has 0 amide bonds. The first-order valence-electron chi connectivity index (χ1n) is 8.92. The average Bonchev–Trinajstić information content (AvgIpc) is 3.38. The molecule has 0 radical (unpaired) electrons. The topological polar surface area (TPSA) is 106 Å². The molecule has 3 aromatic heterocycles. The Labute approximate surface area is 184 Å². The Morgan fingerprint density at radius 1 is 1.09 bits per heavy atom. The number of imidazole rings is 1. The molecule has 33 heavy (non-hydrogen) atoms. The third-order valence-corrected chi connectivity index (χ3v) is 4.67. The minimum absolute atomic E-state index is 0.00300. The van der Waals surface area contributed by atoms with E-state index < -0.39 is 18.2 Å². The predicted octanol–water partition coefficient (Wildman–Crippen LogP) is 4.16. The summed E-state index contributed by atoms with van der Waals surface area (Å²) in [6, 6.07) is 4.98. The quantitative estimate of drug-likeness (QED) is 0.307. The maximum atomic E-state index is 13.2. The molecule has 16 heteroatoms. The second kappa shape index (κ2) is 8.42. The number of H-pyrrole nitrogens is 1. The van der Waals surface area contributed by atoms with Crippen LogP contribution in [0.5, 0.6) is 5.75 Å². The number of hydrogen-bond donors (Lipinski definition) is 2. The Morgan fingerprint density at radius 3 is 2.45 bits per heavy atom. The summed E-state index contributed by atoms with van der Waals surface area (Å²) in [5.41, 5.74) is -0.723. The van der Waals surface area contributed by atoms with E-state index in [1.165, 1.54) is 12.1 Å². The zero-order valence-corrected chi connectivity index (χ0v) is 17.2. The first-order valence-corrected chi connectivity index (χ1v) is 10.1. The Balaban J connectivity index is 1.52. The molecule has 0 saturated carbocycles. The second-order valence-electron chi connectivity index (χ2n) is 6.37. The van der Waals surface area contributed by atoms with Crippen LogP contribution < -0.4 is 10.1 Å². The molecule has 4 rings (SSSR count). The molecule has 174 valence electrons. The number of fused-ring (bicyclic) bond motifs is 1. The number of ether oxygens (including phenoxy) is 1. The van der Waals surface area contributed by atoms with Crippen LogP contribution in [0, 0.1) is 0 Å². The number of anilines is 1. The number of nitrogens with one attached hydrogen (secondary N) is 2. The molecule has 2 N–H and O–H groups in total. The number of aromatic nitrogens is 7. The van der Waals surface area contributed by atoms with Crippen molar-refractivity contribution in [3.8, 4) is 17.1 Å². The van der Waals surface area contributed by atoms with E-state index in [1.807, 2.05) is 0 Å². The largest absolute Gasteiger partial charge is 0.573 e. The van der Waals surface area contributed by atoms with Gasteiger partial charge >= 0.3 is 12.5 Å². The van der Waals surface area contributed by atoms with E-state index in [9.17, 15) is 26.3 Å². The van der Waals surface area contributed by atoms with Crippen LogP contribution in [0.15, 0.2) is 35.6 Å². The van der Waals surface area contributed by atoms with Gasteiger partial charge in [0.2, 0.25) is 5.16 Å². The minimum atomic E-state index is -4.80. The molecule has 0 spiro atoms. The summed E-state index contributed by atoms with van der Waals surface area (Å²) >= 11 is 1.05. The van der Waals surface area contributed by atoms with Gasteiger partial charge in [0.05, 0.1) is 12.7 Å². The fraction of sp³-hybridized carbons (Fsp3) is 0.235. The smallest absolute Gasteiger partial charge is 0.406 e. The van der Waals surface area contributed by atoms with Crippen molar-refractivity contribution in [2.75, 3.05) is 11.6 Å². The third kappa shape index (κ3) is 5.10. The van der Waals surface area contributed by atoms with Crippen molar-refractivity contribution >= 4 is 23.2 Å². The molecule has 0 aliphatic heterocycles. The van der Waals surface area contributed by atoms with Gasteiger partial charge in [0.25, 0.3) is 0 Å². The first-order chi connectivity index (χ1) is 15.5. The van der Waals surface area contributed by atoms with E-state index in [0.717, 1.165) is 23.9 Å². The maximum Gasteiger partial charge on any atom is 0.573 e. The number of alkyl halides is 6. The van der Waals surface area contributed by atoms with Crippen LogP contribution in [0.1, 0.15) is 11.5 Å². The summed E-state index contributed by atoms with van der Waals surface area (Å²) in [5, 5.41) is 14.6. The van der Waals surface area contributed by atoms with E-state index in [0.29, 0.717) is 22.1 Å². The molecule has 0 aliphatic carbocycles. The molecule has 0 aliphatic rings. The van der Waals surface area contributed by atoms with Crippen molar-refractivity contribution in [2.45, 2.75) is 24.2 Å². The minimum Gasteiger partial charge on any atom is -0.406 e. The molecule has 4 aromatic rings. The van der Waals surface area contributed by atoms with Gasteiger partial charge in [-0.15, -0.1) is 28.5 Å². The Kier molecular flexibility index (Phi) is 5.77. The third-order valence-electron chi connectivity index (χ3n) is 4.13. The van der Waals surface area contributed by atoms with E-state index in [-0.39, 0.29) is 34.7 Å². The number of rotatable bonds is 6. The predicted molar refractivity (Wildman–Crippen MR) is 103 cm³/mol. The standard InChI is InChI=1S/C17H12F6N8OS/c1-33-15-27-13(14-25-6-10(16(18,19)20)31(14)30-15)24-7-11-26-12(29-28-11)8-2-4-9(5-3-8)32-17(21,22)23/h2-6H,7H2,1H3,(H,24,27,30)(H,26,28,29). The number of halogens is 6. The monoisotopic (exact) mass is 490 g/mol. The summed E-state index contributed by atoms with van der Waals surface area (Å²) in [7, 11) is 0. The van der Waals surface area contributed by atoms with Gasteiger partial charge in [-0.05, 0) is 30.5 Å². The number of hydrogen-bond acceptors (Lipinski definition) is 8. The van der Waals surface area contributed by atoms with Gasteiger partial charge in [-0.3, -0.25) is 0 Å². The molecular weight excluding hydrogens is 478 g/mol. The zero-order chi connectivity index (χ0) is 23.8. The van der Waals surface area contributed by atoms with Crippen LogP contribution in [-0.2, 0) is 12.7 Å². The van der Waals surface area contributed by atoms with Crippen molar-refractivity contribution in [2.24, 2.45) is 0 Å². The number of aromatic amines is 1. The Hall–Kier alpha value is -3.56. The van der Waals surface area contributed by atoms with Crippen LogP contribution in [0.25, 0.3) is 17.0 Å². The number of thioether (sulfide) groups is 1. The summed E-state index contributed by atoms with van der Waals surface area (Å²) in [4.78, 5) is 10.8. The molecule has 3 heterocycles. The van der Waals surface area contributed by atoms with Gasteiger partial charge < -0.3 is 15.0 Å². The maximum absolute atomic E-state index is 13.2. The van der Waals surface area contributed by atoms with Crippen LogP contribution in [0.4, 0.5) is 32.2 Å². The molecule has 1 aromatic carbocycles. The summed E-state index contributed by atoms with van der Waals surface area (Å²) in [6.45, 7) is -0.00300. The van der Waals surface area contributed by atoms with Crippen LogP contribution in [-0.4, -0.2) is 47.4 Å². The Bertz CT molecular complexity index is 1270. The zero-order valence-electron chi connectivity index (χ0n) is 16.4. The molecule has 9 nitrogen and oxygen atoms in total. The highest BCUT2D eigenvalue weighted by atomic mass is 32.2. The van der Waals surface area contributed by atoms with Gasteiger partial charge in [-0.25, -0.2) is 9.50 Å². The fourth-order valence-corrected chi connectivity index (χ4v) is 3.09. The van der Waals surface area contributed by atoms with Crippen molar-refractivity contribution < 1.29 is 31.1 Å². The summed E-state index contributed by atoms with van der Waals surface area (Å²) in [6.07, 6.45) is -7.17. The summed E-state index contributed by atoms with van der Waals surface area (Å²) in [5.74, 6) is 0.230. The molecule has 0 atom stereocenters. The van der Waals surface area contributed by atoms with Crippen LogP contribution in [0.3, 0.4) is 0 Å². The normalized spacial score (nSPS) is 12.3. The van der Waals surface area contributed by atoms with Gasteiger partial charge in [0.1, 0.15) is 11.6 Å². The highest BCUT2D eigenvalue weighted by Gasteiger charge is 2.36. The molecule has 0 unspecified atom stereocenters. The lowest BCUT2D eigenvalue weighted by Gasteiger charge is -2.09. The lowest BCUT2D eigenvalue weighted by molar-refractivity contribution is -0.274. The highest BCUT2D eigenvalue weighted by molar-refractivity contribution is 7.98. The molecular formula is C17H12F6N8OS. The number of benzene rings is 1. The van der Waals surface area contributed by atoms with E-state index in [1.54, 1.807) is 6.26 Å². The van der Waals surface area contributed by atoms with Crippen molar-refractivity contribution in [1.29, 1.82) is 0 Å². The van der Waals surface area contributed by atoms with Crippen molar-refractivity contribution in [1.82, 2.24) is 34.8 Å². The van der Waals surface area contributed by atoms with Gasteiger partial charge in [0.15, 0.2) is 23.0 Å². The van der Waals surface area contributed by atoms with E-state index in [2.05, 4.69) is 40.3 Å². The second-order valence-corrected chi connectivity index (χ2v) is 7.14. The highest BCUT2D eigenvalue weighted by Crippen LogP contribution is 2.31. The average molecular weight is 490 g/mol. The SMILES string of the molecule is CSc1nc(NCc2nnc(-c3ccc(OC(F)(F)F)cc3)[nH]2)c2ncc(C(F)(F)F)n2n1. The molecule has 0 saturated heterocycles. The van der Waals surface area contributed by atoms with Crippen LogP contribution in [0.2, 0.25) is 0 Å². The molecule has 0 bridgehead atoms.